The van der Waals surface area contributed by atoms with E-state index < -0.39 is 30.3 Å². The molecule has 0 spiro atoms. The lowest BCUT2D eigenvalue weighted by molar-refractivity contribution is -0.145. The van der Waals surface area contributed by atoms with E-state index in [0.717, 1.165) is 0 Å². The standard InChI is InChI=1S/C18H14N2O5/c21-15(22)9-14(18(24)25)20-17(23)16-10-5-1-3-7-12(10)19-13-8-4-2-6-11(13)16/h1-8,14H,9H2,(H,20,23)(H,21,22)(H,24,25)/t14-/m1/s1. The maximum Gasteiger partial charge on any atom is 0.326 e. The molecule has 0 saturated heterocycles. The average Bonchev–Trinajstić information content (AvgIpc) is 2.58. The second-order valence-electron chi connectivity index (χ2n) is 5.48. The first-order chi connectivity index (χ1) is 12.0. The summed E-state index contributed by atoms with van der Waals surface area (Å²) in [6, 6.07) is 12.5. The molecule has 3 N–H and O–H groups in total. The fourth-order valence-corrected chi connectivity index (χ4v) is 2.69. The van der Waals surface area contributed by atoms with Crippen LogP contribution >= 0.6 is 0 Å². The van der Waals surface area contributed by atoms with Gasteiger partial charge in [-0.05, 0) is 12.1 Å². The minimum absolute atomic E-state index is 0.276. The van der Waals surface area contributed by atoms with Gasteiger partial charge in [0.2, 0.25) is 0 Å². The van der Waals surface area contributed by atoms with Gasteiger partial charge in [-0.15, -0.1) is 0 Å². The fourth-order valence-electron chi connectivity index (χ4n) is 2.69. The Kier molecular flexibility index (Phi) is 4.30. The molecule has 0 aliphatic carbocycles. The number of carboxylic acid groups (broad SMARTS) is 2. The topological polar surface area (TPSA) is 117 Å². The number of rotatable bonds is 5. The molecule has 1 heterocycles. The number of pyridine rings is 1. The van der Waals surface area contributed by atoms with Crippen LogP contribution in [0.1, 0.15) is 16.8 Å². The summed E-state index contributed by atoms with van der Waals surface area (Å²) in [5.74, 6) is -3.36. The molecule has 1 amide bonds. The number of benzene rings is 2. The molecular weight excluding hydrogens is 324 g/mol. The van der Waals surface area contributed by atoms with E-state index in [1.54, 1.807) is 48.5 Å². The highest BCUT2D eigenvalue weighted by molar-refractivity contribution is 6.16. The number of aliphatic carboxylic acids is 2. The van der Waals surface area contributed by atoms with Crippen LogP contribution in [0.25, 0.3) is 21.8 Å². The number of hydrogen-bond acceptors (Lipinski definition) is 4. The maximum atomic E-state index is 12.8. The zero-order valence-electron chi connectivity index (χ0n) is 13.0. The number of para-hydroxylation sites is 2. The average molecular weight is 338 g/mol. The molecule has 0 aliphatic rings. The Morgan fingerprint density at radius 2 is 1.44 bits per heavy atom. The van der Waals surface area contributed by atoms with Crippen molar-refractivity contribution in [2.24, 2.45) is 0 Å². The first-order valence-corrected chi connectivity index (χ1v) is 7.50. The number of nitrogens with zero attached hydrogens (tertiary/aromatic N) is 1. The maximum absolute atomic E-state index is 12.8. The van der Waals surface area contributed by atoms with Crippen molar-refractivity contribution in [1.82, 2.24) is 10.3 Å². The number of carbonyl (C=O) groups excluding carboxylic acids is 1. The van der Waals surface area contributed by atoms with Gasteiger partial charge in [-0.25, -0.2) is 9.78 Å². The lowest BCUT2D eigenvalue weighted by atomic mass is 10.0. The van der Waals surface area contributed by atoms with Gasteiger partial charge >= 0.3 is 11.9 Å². The van der Waals surface area contributed by atoms with Gasteiger partial charge in [0.05, 0.1) is 23.0 Å². The highest BCUT2D eigenvalue weighted by Gasteiger charge is 2.25. The lowest BCUT2D eigenvalue weighted by Gasteiger charge is -2.15. The van der Waals surface area contributed by atoms with Gasteiger partial charge in [0.1, 0.15) is 6.04 Å². The summed E-state index contributed by atoms with van der Waals surface area (Å²) in [7, 11) is 0. The summed E-state index contributed by atoms with van der Waals surface area (Å²) >= 11 is 0. The van der Waals surface area contributed by atoms with Gasteiger partial charge in [-0.3, -0.25) is 9.59 Å². The van der Waals surface area contributed by atoms with Gasteiger partial charge in [0.25, 0.3) is 5.91 Å². The highest BCUT2D eigenvalue weighted by Crippen LogP contribution is 2.26. The Labute approximate surface area is 141 Å². The molecule has 0 fully saturated rings. The van der Waals surface area contributed by atoms with E-state index in [4.69, 9.17) is 10.2 Å². The Bertz CT molecular complexity index is 945. The second kappa shape index (κ2) is 6.56. The zero-order valence-corrected chi connectivity index (χ0v) is 13.0. The fraction of sp³-hybridized carbons (Fsp3) is 0.111. The molecule has 25 heavy (non-hydrogen) atoms. The number of amides is 1. The second-order valence-corrected chi connectivity index (χ2v) is 5.48. The summed E-state index contributed by atoms with van der Waals surface area (Å²) in [5.41, 5.74) is 1.46. The van der Waals surface area contributed by atoms with Crippen molar-refractivity contribution in [3.8, 4) is 0 Å². The highest BCUT2D eigenvalue weighted by atomic mass is 16.4. The quantitative estimate of drug-likeness (QED) is 0.613. The molecule has 0 saturated carbocycles. The SMILES string of the molecule is O=C(O)C[C@@H](NC(=O)c1c2ccccc2nc2ccccc12)C(=O)O. The molecule has 3 rings (SSSR count). The van der Waals surface area contributed by atoms with Crippen LogP contribution in [0, 0.1) is 0 Å². The van der Waals surface area contributed by atoms with Crippen LogP contribution in [0.15, 0.2) is 48.5 Å². The van der Waals surface area contributed by atoms with Crippen LogP contribution in [-0.4, -0.2) is 39.1 Å². The number of fused-ring (bicyclic) bond motifs is 2. The first-order valence-electron chi connectivity index (χ1n) is 7.50. The first kappa shape index (κ1) is 16.4. The number of hydrogen-bond donors (Lipinski definition) is 3. The predicted octanol–water partition coefficient (Wildman–Crippen LogP) is 2.05. The Hall–Kier alpha value is -3.48. The Morgan fingerprint density at radius 3 is 1.92 bits per heavy atom. The molecule has 2 aromatic carbocycles. The number of aromatic nitrogens is 1. The lowest BCUT2D eigenvalue weighted by Crippen LogP contribution is -2.42. The molecule has 0 bridgehead atoms. The number of nitrogens with one attached hydrogen (secondary N) is 1. The minimum Gasteiger partial charge on any atom is -0.481 e. The van der Waals surface area contributed by atoms with Crippen LogP contribution in [0.2, 0.25) is 0 Å². The van der Waals surface area contributed by atoms with Gasteiger partial charge < -0.3 is 15.5 Å². The molecular formula is C18H14N2O5. The molecule has 3 aromatic rings. The van der Waals surface area contributed by atoms with Crippen LogP contribution in [0.3, 0.4) is 0 Å². The Balaban J connectivity index is 2.13. The molecule has 0 radical (unpaired) electrons. The van der Waals surface area contributed by atoms with Crippen LogP contribution in [-0.2, 0) is 9.59 Å². The van der Waals surface area contributed by atoms with Crippen molar-refractivity contribution in [2.75, 3.05) is 0 Å². The smallest absolute Gasteiger partial charge is 0.326 e. The van der Waals surface area contributed by atoms with Crippen LogP contribution in [0.4, 0.5) is 0 Å². The molecule has 126 valence electrons. The molecule has 7 heteroatoms. The molecule has 1 atom stereocenters. The summed E-state index contributed by atoms with van der Waals surface area (Å²) in [5, 5.41) is 21.4. The summed E-state index contributed by atoms with van der Waals surface area (Å²) in [6.07, 6.45) is -0.706. The van der Waals surface area contributed by atoms with Gasteiger partial charge in [0.15, 0.2) is 0 Å². The van der Waals surface area contributed by atoms with E-state index in [1.165, 1.54) is 0 Å². The predicted molar refractivity (Wildman–Crippen MR) is 90.4 cm³/mol. The van der Waals surface area contributed by atoms with E-state index in [1.807, 2.05) is 0 Å². The van der Waals surface area contributed by atoms with Crippen molar-refractivity contribution < 1.29 is 24.6 Å². The van der Waals surface area contributed by atoms with Crippen LogP contribution in [0.5, 0.6) is 0 Å². The third kappa shape index (κ3) is 3.25. The number of carbonyl (C=O) groups is 3. The summed E-state index contributed by atoms with van der Waals surface area (Å²) < 4.78 is 0. The van der Waals surface area contributed by atoms with E-state index in [0.29, 0.717) is 21.8 Å². The van der Waals surface area contributed by atoms with E-state index in [2.05, 4.69) is 10.3 Å². The monoisotopic (exact) mass is 338 g/mol. The molecule has 0 aliphatic heterocycles. The van der Waals surface area contributed by atoms with Gasteiger partial charge in [0, 0.05) is 10.8 Å². The molecule has 7 nitrogen and oxygen atoms in total. The normalized spacial score (nSPS) is 12.0. The molecule has 0 unspecified atom stereocenters. The van der Waals surface area contributed by atoms with Crippen molar-refractivity contribution in [1.29, 1.82) is 0 Å². The van der Waals surface area contributed by atoms with E-state index in [9.17, 15) is 14.4 Å². The van der Waals surface area contributed by atoms with Gasteiger partial charge in [-0.1, -0.05) is 36.4 Å². The zero-order chi connectivity index (χ0) is 18.0. The minimum atomic E-state index is -1.52. The number of carboxylic acids is 2. The third-order valence-corrected chi connectivity index (χ3v) is 3.80. The van der Waals surface area contributed by atoms with Gasteiger partial charge in [-0.2, -0.15) is 0 Å². The van der Waals surface area contributed by atoms with Crippen LogP contribution < -0.4 is 5.32 Å². The van der Waals surface area contributed by atoms with Crippen molar-refractivity contribution in [3.05, 3.63) is 54.1 Å². The third-order valence-electron chi connectivity index (χ3n) is 3.80. The largest absolute Gasteiger partial charge is 0.481 e. The van der Waals surface area contributed by atoms with E-state index >= 15 is 0 Å². The van der Waals surface area contributed by atoms with Crippen molar-refractivity contribution >= 4 is 39.7 Å². The molecule has 1 aromatic heterocycles. The summed E-state index contributed by atoms with van der Waals surface area (Å²) in [4.78, 5) is 39.3. The Morgan fingerprint density at radius 1 is 0.920 bits per heavy atom. The van der Waals surface area contributed by atoms with E-state index in [-0.39, 0.29) is 5.56 Å². The van der Waals surface area contributed by atoms with Crippen molar-refractivity contribution in [2.45, 2.75) is 12.5 Å². The van der Waals surface area contributed by atoms with Crippen molar-refractivity contribution in [3.63, 3.8) is 0 Å². The summed E-state index contributed by atoms with van der Waals surface area (Å²) in [6.45, 7) is 0.